The second kappa shape index (κ2) is 17.0. The third kappa shape index (κ3) is 7.74. The van der Waals surface area contributed by atoms with Gasteiger partial charge >= 0.3 is 0 Å². The van der Waals surface area contributed by atoms with Crippen LogP contribution in [0.2, 0.25) is 0 Å². The summed E-state index contributed by atoms with van der Waals surface area (Å²) in [5.74, 6) is 0. The third-order valence-corrected chi connectivity index (χ3v) is 11.4. The minimum Gasteiger partial charge on any atom is -0.311 e. The molecule has 8 rings (SSSR count). The molecule has 1 saturated carbocycles. The van der Waals surface area contributed by atoms with Gasteiger partial charge in [-0.2, -0.15) is 0 Å². The van der Waals surface area contributed by atoms with Gasteiger partial charge in [0.05, 0.1) is 0 Å². The Balaban J connectivity index is 1.12. The molecule has 0 aromatic heterocycles. The van der Waals surface area contributed by atoms with E-state index in [0.717, 1.165) is 47.0 Å². The molecule has 7 aromatic carbocycles. The molecule has 2 heteroatoms. The van der Waals surface area contributed by atoms with Gasteiger partial charge in [-0.1, -0.05) is 153 Å². The molecule has 1 aliphatic rings. The van der Waals surface area contributed by atoms with Crippen LogP contribution >= 0.6 is 0 Å². The first-order chi connectivity index (χ1) is 27.6. The van der Waals surface area contributed by atoms with Crippen molar-refractivity contribution in [2.75, 3.05) is 9.80 Å². The molecule has 276 valence electrons. The Morgan fingerprint density at radius 2 is 0.804 bits per heavy atom. The minimum atomic E-state index is -0.0275. The molecule has 2 nitrogen and oxygen atoms in total. The molecule has 1 aliphatic carbocycles. The maximum atomic E-state index is 2.40. The van der Waals surface area contributed by atoms with E-state index in [4.69, 9.17) is 0 Å². The molecule has 1 fully saturated rings. The number of rotatable bonds is 11. The molecule has 7 aromatic rings. The fraction of sp³-hybridized carbons (Fsp3) is 0.148. The van der Waals surface area contributed by atoms with Gasteiger partial charge in [-0.15, -0.1) is 0 Å². The van der Waals surface area contributed by atoms with Crippen LogP contribution in [-0.4, -0.2) is 0 Å². The lowest BCUT2D eigenvalue weighted by Gasteiger charge is -2.39. The van der Waals surface area contributed by atoms with Crippen molar-refractivity contribution < 1.29 is 0 Å². The summed E-state index contributed by atoms with van der Waals surface area (Å²) in [5, 5.41) is 0. The van der Waals surface area contributed by atoms with E-state index in [9.17, 15) is 0 Å². The lowest BCUT2D eigenvalue weighted by Crippen LogP contribution is -2.30. The van der Waals surface area contributed by atoms with Crippen LogP contribution in [0.4, 0.5) is 34.1 Å². The highest BCUT2D eigenvalue weighted by molar-refractivity contribution is 5.80. The highest BCUT2D eigenvalue weighted by Crippen LogP contribution is 2.47. The summed E-state index contributed by atoms with van der Waals surface area (Å²) in [7, 11) is 0. The van der Waals surface area contributed by atoms with Crippen LogP contribution in [0.15, 0.2) is 206 Å². The van der Waals surface area contributed by atoms with Crippen LogP contribution in [-0.2, 0) is 5.41 Å². The van der Waals surface area contributed by atoms with E-state index in [1.807, 2.05) is 0 Å². The van der Waals surface area contributed by atoms with Crippen LogP contribution in [0.25, 0.3) is 16.7 Å². The van der Waals surface area contributed by atoms with Crippen molar-refractivity contribution in [3.63, 3.8) is 0 Å². The molecule has 0 unspecified atom stereocenters. The second-order valence-electron chi connectivity index (χ2n) is 14.9. The number of nitrogens with zero attached hydrogens (tertiary/aromatic N) is 2. The van der Waals surface area contributed by atoms with Gasteiger partial charge in [-0.25, -0.2) is 0 Å². The van der Waals surface area contributed by atoms with Crippen molar-refractivity contribution in [2.24, 2.45) is 0 Å². The Morgan fingerprint density at radius 1 is 0.429 bits per heavy atom. The van der Waals surface area contributed by atoms with E-state index in [1.54, 1.807) is 0 Å². The summed E-state index contributed by atoms with van der Waals surface area (Å²) < 4.78 is 0. The summed E-state index contributed by atoms with van der Waals surface area (Å²) >= 11 is 0. The standard InChI is InChI=1S/C54H50N2/c1-3-4-17-42(2)43-24-32-50(33-25-43)55(48-20-11-6-12-21-48)52-36-28-46(29-37-52)54(40-15-8-16-41-54)47-30-38-53(39-31-47)56(49-22-13-7-14-23-49)51-34-26-45(27-35-51)44-18-9-5-10-19-44/h3-7,9-14,17-39H,8,15-16,40-41H2,1-2H3/b4-3-,42-17+. The normalized spacial score (nSPS) is 14.1. The van der Waals surface area contributed by atoms with Gasteiger partial charge in [0.1, 0.15) is 0 Å². The lowest BCUT2D eigenvalue weighted by molar-refractivity contribution is 0.346. The first-order valence-corrected chi connectivity index (χ1v) is 20.1. The van der Waals surface area contributed by atoms with E-state index in [0.29, 0.717) is 0 Å². The summed E-state index contributed by atoms with van der Waals surface area (Å²) in [6, 6.07) is 68.8. The summed E-state index contributed by atoms with van der Waals surface area (Å²) in [5.41, 5.74) is 14.6. The minimum absolute atomic E-state index is 0.0275. The Kier molecular flexibility index (Phi) is 11.1. The van der Waals surface area contributed by atoms with E-state index in [2.05, 4.69) is 230 Å². The number of benzene rings is 7. The van der Waals surface area contributed by atoms with Crippen molar-refractivity contribution in [1.29, 1.82) is 0 Å². The maximum absolute atomic E-state index is 2.40. The van der Waals surface area contributed by atoms with Crippen molar-refractivity contribution in [2.45, 2.75) is 51.4 Å². The van der Waals surface area contributed by atoms with E-state index in [1.165, 1.54) is 52.7 Å². The molecule has 0 heterocycles. The van der Waals surface area contributed by atoms with Gasteiger partial charge in [0.15, 0.2) is 0 Å². The third-order valence-electron chi connectivity index (χ3n) is 11.4. The van der Waals surface area contributed by atoms with Gasteiger partial charge in [0.2, 0.25) is 0 Å². The van der Waals surface area contributed by atoms with Gasteiger partial charge in [0.25, 0.3) is 0 Å². The van der Waals surface area contributed by atoms with Crippen molar-refractivity contribution in [3.8, 4) is 11.1 Å². The van der Waals surface area contributed by atoms with Crippen molar-refractivity contribution in [3.05, 3.63) is 223 Å². The summed E-state index contributed by atoms with van der Waals surface area (Å²) in [4.78, 5) is 4.73. The molecule has 0 atom stereocenters. The smallest absolute Gasteiger partial charge is 0.0462 e. The highest BCUT2D eigenvalue weighted by atomic mass is 15.1. The SMILES string of the molecule is C/C=C\C=C(/C)c1ccc(N(c2ccccc2)c2ccc(C3(c4ccc(N(c5ccccc5)c5ccc(-c6ccccc6)cc5)cc4)CCCCC3)cc2)cc1. The highest BCUT2D eigenvalue weighted by Gasteiger charge is 2.36. The largest absolute Gasteiger partial charge is 0.311 e. The van der Waals surface area contributed by atoms with Crippen LogP contribution in [0.5, 0.6) is 0 Å². The number of para-hydroxylation sites is 2. The predicted molar refractivity (Wildman–Crippen MR) is 240 cm³/mol. The molecule has 0 saturated heterocycles. The quantitative estimate of drug-likeness (QED) is 0.122. The van der Waals surface area contributed by atoms with Crippen LogP contribution < -0.4 is 9.80 Å². The zero-order chi connectivity index (χ0) is 38.2. The maximum Gasteiger partial charge on any atom is 0.0462 e. The second-order valence-corrected chi connectivity index (χ2v) is 14.9. The average Bonchev–Trinajstić information content (AvgIpc) is 3.28. The van der Waals surface area contributed by atoms with Crippen LogP contribution in [0, 0.1) is 0 Å². The average molecular weight is 727 g/mol. The fourth-order valence-electron chi connectivity index (χ4n) is 8.45. The Bertz CT molecular complexity index is 2350. The van der Waals surface area contributed by atoms with Crippen LogP contribution in [0.3, 0.4) is 0 Å². The van der Waals surface area contributed by atoms with Gasteiger partial charge in [-0.05, 0) is 133 Å². The molecule has 0 amide bonds. The van der Waals surface area contributed by atoms with Gasteiger partial charge in [-0.3, -0.25) is 0 Å². The Morgan fingerprint density at radius 3 is 1.25 bits per heavy atom. The number of hydrogen-bond donors (Lipinski definition) is 0. The van der Waals surface area contributed by atoms with E-state index in [-0.39, 0.29) is 5.41 Å². The van der Waals surface area contributed by atoms with Crippen molar-refractivity contribution in [1.82, 2.24) is 0 Å². The molecular weight excluding hydrogens is 677 g/mol. The lowest BCUT2D eigenvalue weighted by atomic mass is 9.65. The number of hydrogen-bond acceptors (Lipinski definition) is 2. The van der Waals surface area contributed by atoms with E-state index < -0.39 is 0 Å². The van der Waals surface area contributed by atoms with Gasteiger partial charge in [0, 0.05) is 39.5 Å². The molecule has 0 spiro atoms. The molecule has 0 radical (unpaired) electrons. The molecular formula is C54H50N2. The zero-order valence-corrected chi connectivity index (χ0v) is 32.6. The Labute approximate surface area is 333 Å². The Hall–Kier alpha value is -6.38. The summed E-state index contributed by atoms with van der Waals surface area (Å²) in [6.07, 6.45) is 12.4. The monoisotopic (exact) mass is 726 g/mol. The first kappa shape index (κ1) is 36.6. The predicted octanol–water partition coefficient (Wildman–Crippen LogP) is 15.5. The number of anilines is 6. The van der Waals surface area contributed by atoms with Crippen LogP contribution in [0.1, 0.15) is 62.6 Å². The molecule has 56 heavy (non-hydrogen) atoms. The molecule has 0 aliphatic heterocycles. The number of allylic oxidation sites excluding steroid dienone is 4. The molecule has 0 bridgehead atoms. The zero-order valence-electron chi connectivity index (χ0n) is 32.6. The first-order valence-electron chi connectivity index (χ1n) is 20.1. The topological polar surface area (TPSA) is 6.48 Å². The molecule has 0 N–H and O–H groups in total. The van der Waals surface area contributed by atoms with Gasteiger partial charge < -0.3 is 9.80 Å². The van der Waals surface area contributed by atoms with E-state index >= 15 is 0 Å². The summed E-state index contributed by atoms with van der Waals surface area (Å²) in [6.45, 7) is 4.22. The van der Waals surface area contributed by atoms with Crippen molar-refractivity contribution >= 4 is 39.7 Å². The fourth-order valence-corrected chi connectivity index (χ4v) is 8.45.